The molecule has 2 rings (SSSR count). The summed E-state index contributed by atoms with van der Waals surface area (Å²) >= 11 is 1.68. The van der Waals surface area contributed by atoms with Crippen molar-refractivity contribution >= 4 is 27.1 Å². The molecule has 1 aromatic carbocycles. The van der Waals surface area contributed by atoms with Gasteiger partial charge in [0.05, 0.1) is 18.3 Å². The van der Waals surface area contributed by atoms with Crippen LogP contribution in [0.15, 0.2) is 29.6 Å². The van der Waals surface area contributed by atoms with E-state index in [0.29, 0.717) is 6.42 Å². The Kier molecular flexibility index (Phi) is 3.77. The van der Waals surface area contributed by atoms with Gasteiger partial charge in [0.15, 0.2) is 0 Å². The van der Waals surface area contributed by atoms with Crippen LogP contribution in [0.4, 0.5) is 5.69 Å². The van der Waals surface area contributed by atoms with E-state index in [4.69, 9.17) is 10.2 Å². The number of aliphatic hydroxyl groups is 2. The minimum Gasteiger partial charge on any atom is -0.396 e. The summed E-state index contributed by atoms with van der Waals surface area (Å²) in [6.07, 6.45) is 0.556. The van der Waals surface area contributed by atoms with E-state index in [1.807, 2.05) is 17.5 Å². The maximum Gasteiger partial charge on any atom is 0.0633 e. The van der Waals surface area contributed by atoms with E-state index in [9.17, 15) is 0 Å². The van der Waals surface area contributed by atoms with E-state index in [1.54, 1.807) is 11.3 Å². The second-order valence-electron chi connectivity index (χ2n) is 3.68. The van der Waals surface area contributed by atoms with E-state index in [2.05, 4.69) is 17.4 Å². The van der Waals surface area contributed by atoms with Gasteiger partial charge in [-0.05, 0) is 12.5 Å². The number of thiophene rings is 1. The Labute approximate surface area is 98.4 Å². The largest absolute Gasteiger partial charge is 0.396 e. The molecule has 0 saturated heterocycles. The molecule has 0 spiro atoms. The van der Waals surface area contributed by atoms with Crippen LogP contribution < -0.4 is 5.32 Å². The number of rotatable bonds is 5. The lowest BCUT2D eigenvalue weighted by atomic mass is 10.2. The van der Waals surface area contributed by atoms with Crippen molar-refractivity contribution in [3.05, 3.63) is 29.6 Å². The van der Waals surface area contributed by atoms with Gasteiger partial charge in [-0.15, -0.1) is 11.3 Å². The average molecular weight is 237 g/mol. The number of aliphatic hydroxyl groups excluding tert-OH is 2. The molecule has 1 heterocycles. The van der Waals surface area contributed by atoms with Crippen LogP contribution in [0, 0.1) is 0 Å². The molecule has 1 atom stereocenters. The number of anilines is 1. The molecule has 0 bridgehead atoms. The fraction of sp³-hybridized carbons (Fsp3) is 0.333. The molecule has 4 heteroatoms. The van der Waals surface area contributed by atoms with E-state index < -0.39 is 0 Å². The molecular formula is C12H15NO2S. The standard InChI is InChI=1S/C12H15NO2S/c14-6-5-9(7-15)13-11-8-16-12-4-2-1-3-10(11)12/h1-4,8-9,13-15H,5-7H2. The quantitative estimate of drug-likeness (QED) is 0.746. The molecule has 86 valence electrons. The zero-order valence-electron chi connectivity index (χ0n) is 8.89. The summed E-state index contributed by atoms with van der Waals surface area (Å²) in [5.41, 5.74) is 1.04. The van der Waals surface area contributed by atoms with Crippen molar-refractivity contribution in [2.45, 2.75) is 12.5 Å². The Balaban J connectivity index is 2.20. The van der Waals surface area contributed by atoms with Gasteiger partial charge < -0.3 is 15.5 Å². The molecular weight excluding hydrogens is 222 g/mol. The van der Waals surface area contributed by atoms with Crippen molar-refractivity contribution in [2.75, 3.05) is 18.5 Å². The topological polar surface area (TPSA) is 52.5 Å². The van der Waals surface area contributed by atoms with Crippen molar-refractivity contribution in [3.63, 3.8) is 0 Å². The molecule has 3 nitrogen and oxygen atoms in total. The first-order chi connectivity index (χ1) is 7.85. The fourth-order valence-electron chi connectivity index (χ4n) is 1.67. The summed E-state index contributed by atoms with van der Waals surface area (Å²) in [5.74, 6) is 0. The van der Waals surface area contributed by atoms with Gasteiger partial charge in [-0.2, -0.15) is 0 Å². The van der Waals surface area contributed by atoms with Crippen LogP contribution >= 0.6 is 11.3 Å². The Morgan fingerprint density at radius 2 is 2.06 bits per heavy atom. The predicted molar refractivity (Wildman–Crippen MR) is 68.0 cm³/mol. The molecule has 16 heavy (non-hydrogen) atoms. The number of hydrogen-bond donors (Lipinski definition) is 3. The highest BCUT2D eigenvalue weighted by atomic mass is 32.1. The highest BCUT2D eigenvalue weighted by Crippen LogP contribution is 2.30. The molecule has 0 saturated carbocycles. The third-order valence-corrected chi connectivity index (χ3v) is 3.50. The summed E-state index contributed by atoms with van der Waals surface area (Å²) in [6.45, 7) is 0.116. The number of fused-ring (bicyclic) bond motifs is 1. The van der Waals surface area contributed by atoms with E-state index in [1.165, 1.54) is 10.1 Å². The van der Waals surface area contributed by atoms with Crippen molar-refractivity contribution < 1.29 is 10.2 Å². The summed E-state index contributed by atoms with van der Waals surface area (Å²) in [5, 5.41) is 24.5. The molecule has 0 aliphatic rings. The molecule has 1 unspecified atom stereocenters. The SMILES string of the molecule is OCCC(CO)Nc1csc2ccccc12. The second-order valence-corrected chi connectivity index (χ2v) is 4.59. The van der Waals surface area contributed by atoms with Crippen molar-refractivity contribution in [3.8, 4) is 0 Å². The van der Waals surface area contributed by atoms with Gasteiger partial charge in [0.1, 0.15) is 0 Å². The van der Waals surface area contributed by atoms with Gasteiger partial charge in [0.2, 0.25) is 0 Å². The minimum atomic E-state index is -0.0805. The zero-order valence-corrected chi connectivity index (χ0v) is 9.70. The first kappa shape index (κ1) is 11.4. The number of nitrogens with one attached hydrogen (secondary N) is 1. The lowest BCUT2D eigenvalue weighted by Crippen LogP contribution is -2.24. The van der Waals surface area contributed by atoms with E-state index in [0.717, 1.165) is 5.69 Å². The smallest absolute Gasteiger partial charge is 0.0633 e. The highest BCUT2D eigenvalue weighted by Gasteiger charge is 2.09. The van der Waals surface area contributed by atoms with E-state index in [-0.39, 0.29) is 19.3 Å². The van der Waals surface area contributed by atoms with Crippen molar-refractivity contribution in [2.24, 2.45) is 0 Å². The lowest BCUT2D eigenvalue weighted by Gasteiger charge is -2.15. The van der Waals surface area contributed by atoms with Gasteiger partial charge in [-0.25, -0.2) is 0 Å². The predicted octanol–water partition coefficient (Wildman–Crippen LogP) is 2.06. The molecule has 0 fully saturated rings. The molecule has 0 amide bonds. The Hall–Kier alpha value is -1.10. The first-order valence-corrected chi connectivity index (χ1v) is 6.17. The molecule has 0 aliphatic carbocycles. The first-order valence-electron chi connectivity index (χ1n) is 5.29. The molecule has 0 radical (unpaired) electrons. The van der Waals surface area contributed by atoms with Crippen LogP contribution in [0.2, 0.25) is 0 Å². The molecule has 1 aromatic heterocycles. The highest BCUT2D eigenvalue weighted by molar-refractivity contribution is 7.17. The summed E-state index contributed by atoms with van der Waals surface area (Å²) in [4.78, 5) is 0. The zero-order chi connectivity index (χ0) is 11.4. The van der Waals surface area contributed by atoms with Gasteiger partial charge in [0, 0.05) is 22.1 Å². The van der Waals surface area contributed by atoms with Crippen LogP contribution in [0.25, 0.3) is 10.1 Å². The summed E-state index contributed by atoms with van der Waals surface area (Å²) < 4.78 is 1.23. The van der Waals surface area contributed by atoms with E-state index >= 15 is 0 Å². The third kappa shape index (κ3) is 2.35. The van der Waals surface area contributed by atoms with Crippen LogP contribution in [-0.2, 0) is 0 Å². The normalized spacial score (nSPS) is 12.9. The molecule has 2 aromatic rings. The van der Waals surface area contributed by atoms with Crippen LogP contribution in [0.1, 0.15) is 6.42 Å². The summed E-state index contributed by atoms with van der Waals surface area (Å²) in [6, 6.07) is 8.07. The van der Waals surface area contributed by atoms with Crippen LogP contribution in [0.3, 0.4) is 0 Å². The Morgan fingerprint density at radius 3 is 2.81 bits per heavy atom. The minimum absolute atomic E-state index is 0.0325. The third-order valence-electron chi connectivity index (χ3n) is 2.54. The van der Waals surface area contributed by atoms with Crippen LogP contribution in [-0.4, -0.2) is 29.5 Å². The van der Waals surface area contributed by atoms with Crippen LogP contribution in [0.5, 0.6) is 0 Å². The van der Waals surface area contributed by atoms with Gasteiger partial charge in [0.25, 0.3) is 0 Å². The van der Waals surface area contributed by atoms with Gasteiger partial charge in [-0.1, -0.05) is 18.2 Å². The maximum absolute atomic E-state index is 9.16. The monoisotopic (exact) mass is 237 g/mol. The Bertz CT molecular complexity index is 455. The average Bonchev–Trinajstić information content (AvgIpc) is 2.72. The second kappa shape index (κ2) is 5.30. The number of benzene rings is 1. The maximum atomic E-state index is 9.16. The van der Waals surface area contributed by atoms with Crippen molar-refractivity contribution in [1.29, 1.82) is 0 Å². The molecule has 0 aliphatic heterocycles. The van der Waals surface area contributed by atoms with Crippen molar-refractivity contribution in [1.82, 2.24) is 0 Å². The fourth-order valence-corrected chi connectivity index (χ4v) is 2.58. The summed E-state index contributed by atoms with van der Waals surface area (Å²) in [7, 11) is 0. The van der Waals surface area contributed by atoms with Gasteiger partial charge >= 0.3 is 0 Å². The van der Waals surface area contributed by atoms with Gasteiger partial charge in [-0.3, -0.25) is 0 Å². The Morgan fingerprint density at radius 1 is 1.25 bits per heavy atom. The number of hydrogen-bond acceptors (Lipinski definition) is 4. The molecule has 3 N–H and O–H groups in total. The lowest BCUT2D eigenvalue weighted by molar-refractivity contribution is 0.229.